The second-order valence-electron chi connectivity index (χ2n) is 6.20. The molecule has 1 aliphatic heterocycles. The molecule has 1 aromatic carbocycles. The molecule has 7 heteroatoms. The van der Waals surface area contributed by atoms with Crippen molar-refractivity contribution in [3.63, 3.8) is 0 Å². The highest BCUT2D eigenvalue weighted by atomic mass is 19.1. The fraction of sp³-hybridized carbons (Fsp3) is 0.353. The summed E-state index contributed by atoms with van der Waals surface area (Å²) in [5, 5.41) is 14.2. The Morgan fingerprint density at radius 2 is 1.79 bits per heavy atom. The first-order chi connectivity index (χ1) is 11.4. The largest absolute Gasteiger partial charge is 0.504 e. The van der Waals surface area contributed by atoms with Gasteiger partial charge in [-0.25, -0.2) is 9.07 Å². The first-order valence-corrected chi connectivity index (χ1v) is 7.74. The lowest BCUT2D eigenvalue weighted by molar-refractivity contribution is -0.129. The molecule has 0 spiro atoms. The summed E-state index contributed by atoms with van der Waals surface area (Å²) in [5.41, 5.74) is 0.453. The van der Waals surface area contributed by atoms with Crippen LogP contribution in [0.3, 0.4) is 0 Å². The number of hydrogen-bond donors (Lipinski definition) is 1. The summed E-state index contributed by atoms with van der Waals surface area (Å²) in [6.45, 7) is 4.19. The smallest absolute Gasteiger partial charge is 0.278 e. The molecule has 1 fully saturated rings. The van der Waals surface area contributed by atoms with Gasteiger partial charge in [0, 0.05) is 24.9 Å². The number of aromatic nitrogens is 2. The molecule has 1 aromatic heterocycles. The van der Waals surface area contributed by atoms with Crippen LogP contribution in [-0.2, 0) is 4.79 Å². The Bertz CT molecular complexity index is 771. The van der Waals surface area contributed by atoms with E-state index in [1.807, 2.05) is 0 Å². The number of Topliss-reactive ketones (excluding diaryl/α,β-unsaturated/α-hetero) is 1. The summed E-state index contributed by atoms with van der Waals surface area (Å²) < 4.78 is 14.3. The Morgan fingerprint density at radius 1 is 1.21 bits per heavy atom. The van der Waals surface area contributed by atoms with Gasteiger partial charge in [0.15, 0.2) is 11.4 Å². The Balaban J connectivity index is 1.86. The molecule has 0 bridgehead atoms. The monoisotopic (exact) mass is 331 g/mol. The summed E-state index contributed by atoms with van der Waals surface area (Å²) in [6.07, 6.45) is 1.31. The molecule has 2 heterocycles. The number of likely N-dealkylation sites (tertiary alicyclic amines) is 1. The molecule has 126 valence electrons. The number of hydrogen-bond acceptors (Lipinski definition) is 4. The van der Waals surface area contributed by atoms with Crippen molar-refractivity contribution in [2.24, 2.45) is 11.8 Å². The number of carbonyl (C=O) groups excluding carboxylic acids is 2. The van der Waals surface area contributed by atoms with E-state index in [2.05, 4.69) is 5.10 Å². The van der Waals surface area contributed by atoms with E-state index in [0.29, 0.717) is 18.8 Å². The number of ketones is 1. The standard InChI is InChI=1S/C17H18FN3O3/c1-10-7-20(8-11(2)16(10)23)17(24)15-14(22)9-21(19-15)13-5-3-12(18)4-6-13/h3-6,9-11,22H,7-8H2,1-2H3/t10-,11+. The Hall–Kier alpha value is -2.70. The van der Waals surface area contributed by atoms with E-state index in [1.54, 1.807) is 13.8 Å². The molecule has 0 aliphatic carbocycles. The molecule has 1 aliphatic rings. The zero-order chi connectivity index (χ0) is 17.4. The predicted octanol–water partition coefficient (Wildman–Crippen LogP) is 2.01. The highest BCUT2D eigenvalue weighted by Gasteiger charge is 2.34. The lowest BCUT2D eigenvalue weighted by atomic mass is 9.90. The third-order valence-electron chi connectivity index (χ3n) is 4.24. The maximum absolute atomic E-state index is 13.0. The van der Waals surface area contributed by atoms with Crippen LogP contribution in [0.1, 0.15) is 24.3 Å². The minimum Gasteiger partial charge on any atom is -0.504 e. The van der Waals surface area contributed by atoms with Crippen molar-refractivity contribution in [1.29, 1.82) is 0 Å². The maximum Gasteiger partial charge on any atom is 0.278 e. The third kappa shape index (κ3) is 2.89. The molecule has 1 N–H and O–H groups in total. The van der Waals surface area contributed by atoms with Crippen LogP contribution < -0.4 is 0 Å². The lowest BCUT2D eigenvalue weighted by Gasteiger charge is -2.33. The molecule has 2 aromatic rings. The van der Waals surface area contributed by atoms with Crippen molar-refractivity contribution in [3.8, 4) is 11.4 Å². The van der Waals surface area contributed by atoms with Crippen molar-refractivity contribution in [2.45, 2.75) is 13.8 Å². The van der Waals surface area contributed by atoms with Crippen LogP contribution in [-0.4, -0.2) is 44.6 Å². The topological polar surface area (TPSA) is 75.4 Å². The van der Waals surface area contributed by atoms with Crippen molar-refractivity contribution in [3.05, 3.63) is 42.0 Å². The molecule has 24 heavy (non-hydrogen) atoms. The van der Waals surface area contributed by atoms with Crippen molar-refractivity contribution in [2.75, 3.05) is 13.1 Å². The number of halogens is 1. The van der Waals surface area contributed by atoms with Crippen LogP contribution in [0.25, 0.3) is 5.69 Å². The zero-order valence-electron chi connectivity index (χ0n) is 13.4. The number of piperidine rings is 1. The molecule has 1 amide bonds. The lowest BCUT2D eigenvalue weighted by Crippen LogP contribution is -2.47. The summed E-state index contributed by atoms with van der Waals surface area (Å²) >= 11 is 0. The van der Waals surface area contributed by atoms with E-state index in [4.69, 9.17) is 0 Å². The van der Waals surface area contributed by atoms with Crippen molar-refractivity contribution < 1.29 is 19.1 Å². The van der Waals surface area contributed by atoms with Crippen molar-refractivity contribution >= 4 is 11.7 Å². The normalized spacial score (nSPS) is 21.1. The molecule has 0 saturated carbocycles. The molecule has 0 radical (unpaired) electrons. The van der Waals surface area contributed by atoms with Gasteiger partial charge in [0.2, 0.25) is 0 Å². The number of nitrogens with zero attached hydrogens (tertiary/aromatic N) is 3. The van der Waals surface area contributed by atoms with E-state index >= 15 is 0 Å². The number of rotatable bonds is 2. The Kier molecular flexibility index (Phi) is 4.09. The van der Waals surface area contributed by atoms with E-state index < -0.39 is 5.91 Å². The van der Waals surface area contributed by atoms with Crippen LogP contribution in [0.2, 0.25) is 0 Å². The van der Waals surface area contributed by atoms with Gasteiger partial charge in [0.25, 0.3) is 5.91 Å². The second-order valence-corrected chi connectivity index (χ2v) is 6.20. The van der Waals surface area contributed by atoms with Gasteiger partial charge in [-0.05, 0) is 24.3 Å². The number of carbonyl (C=O) groups is 2. The summed E-state index contributed by atoms with van der Waals surface area (Å²) in [7, 11) is 0. The van der Waals surface area contributed by atoms with Gasteiger partial charge >= 0.3 is 0 Å². The van der Waals surface area contributed by atoms with E-state index in [1.165, 1.54) is 40.0 Å². The first-order valence-electron chi connectivity index (χ1n) is 7.74. The molecule has 2 atom stereocenters. The number of amides is 1. The Labute approximate surface area is 138 Å². The summed E-state index contributed by atoms with van der Waals surface area (Å²) in [5.74, 6) is -1.38. The van der Waals surface area contributed by atoms with Gasteiger partial charge in [0.1, 0.15) is 11.6 Å². The zero-order valence-corrected chi connectivity index (χ0v) is 13.4. The van der Waals surface area contributed by atoms with Crippen molar-refractivity contribution in [1.82, 2.24) is 14.7 Å². The van der Waals surface area contributed by atoms with Gasteiger partial charge in [-0.2, -0.15) is 5.10 Å². The fourth-order valence-corrected chi connectivity index (χ4v) is 2.96. The predicted molar refractivity (Wildman–Crippen MR) is 84.4 cm³/mol. The van der Waals surface area contributed by atoms with E-state index in [-0.39, 0.29) is 34.9 Å². The van der Waals surface area contributed by atoms with E-state index in [0.717, 1.165) is 0 Å². The minimum atomic E-state index is -0.417. The molecule has 0 unspecified atom stereocenters. The molecular weight excluding hydrogens is 313 g/mol. The third-order valence-corrected chi connectivity index (χ3v) is 4.24. The van der Waals surface area contributed by atoms with Crippen LogP contribution in [0, 0.1) is 17.7 Å². The minimum absolute atomic E-state index is 0.0759. The molecule has 1 saturated heterocycles. The highest BCUT2D eigenvalue weighted by Crippen LogP contribution is 2.24. The average Bonchev–Trinajstić information content (AvgIpc) is 2.94. The van der Waals surface area contributed by atoms with Gasteiger partial charge in [-0.1, -0.05) is 13.8 Å². The average molecular weight is 331 g/mol. The summed E-state index contributed by atoms with van der Waals surface area (Å²) in [6, 6.07) is 5.55. The molecular formula is C17H18FN3O3. The first kappa shape index (κ1) is 16.2. The SMILES string of the molecule is C[C@@H]1CN(C(=O)c2nn(-c3ccc(F)cc3)cc2O)C[C@H](C)C1=O. The molecule has 3 rings (SSSR count). The van der Waals surface area contributed by atoms with Crippen LogP contribution in [0.15, 0.2) is 30.5 Å². The quantitative estimate of drug-likeness (QED) is 0.913. The van der Waals surface area contributed by atoms with Gasteiger partial charge in [0.05, 0.1) is 11.9 Å². The number of benzene rings is 1. The summed E-state index contributed by atoms with van der Waals surface area (Å²) in [4.78, 5) is 26.0. The molecule has 6 nitrogen and oxygen atoms in total. The van der Waals surface area contributed by atoms with Crippen LogP contribution in [0.4, 0.5) is 4.39 Å². The Morgan fingerprint density at radius 3 is 2.38 bits per heavy atom. The van der Waals surface area contributed by atoms with Crippen LogP contribution >= 0.6 is 0 Å². The van der Waals surface area contributed by atoms with Gasteiger partial charge < -0.3 is 10.0 Å². The van der Waals surface area contributed by atoms with Gasteiger partial charge in [-0.3, -0.25) is 9.59 Å². The van der Waals surface area contributed by atoms with Crippen LogP contribution in [0.5, 0.6) is 5.75 Å². The highest BCUT2D eigenvalue weighted by molar-refractivity contribution is 5.96. The van der Waals surface area contributed by atoms with E-state index in [9.17, 15) is 19.1 Å². The van der Waals surface area contributed by atoms with Gasteiger partial charge in [-0.15, -0.1) is 0 Å². The fourth-order valence-electron chi connectivity index (χ4n) is 2.96. The maximum atomic E-state index is 13.0. The second kappa shape index (κ2) is 6.07. The number of aromatic hydroxyl groups is 1.